The van der Waals surface area contributed by atoms with E-state index in [-0.39, 0.29) is 12.8 Å². The first-order valence-corrected chi connectivity index (χ1v) is 11.9. The van der Waals surface area contributed by atoms with Gasteiger partial charge in [-0.3, -0.25) is 4.79 Å². The third-order valence-electron chi connectivity index (χ3n) is 5.65. The molecule has 1 atom stereocenters. The molecule has 0 aromatic carbocycles. The molecule has 0 spiro atoms. The number of aromatic nitrogens is 3. The molecule has 0 bridgehead atoms. The summed E-state index contributed by atoms with van der Waals surface area (Å²) in [6.45, 7) is 2.26. The van der Waals surface area contributed by atoms with Gasteiger partial charge in [-0.1, -0.05) is 95.6 Å². The first kappa shape index (κ1) is 26.1. The highest BCUT2D eigenvalue weighted by atomic mass is 16.4. The van der Waals surface area contributed by atoms with E-state index in [9.17, 15) is 14.7 Å². The van der Waals surface area contributed by atoms with E-state index in [2.05, 4.69) is 17.2 Å². The minimum absolute atomic E-state index is 0.0137. The van der Waals surface area contributed by atoms with E-state index in [1.165, 1.54) is 81.7 Å². The predicted octanol–water partition coefficient (Wildman–Crippen LogP) is 5.79. The number of carbonyl (C=O) groups is 2. The van der Waals surface area contributed by atoms with Crippen molar-refractivity contribution in [3.63, 3.8) is 0 Å². The first-order chi connectivity index (χ1) is 14.6. The Kier molecular flexibility index (Phi) is 14.7. The van der Waals surface area contributed by atoms with Crippen molar-refractivity contribution < 1.29 is 19.8 Å². The van der Waals surface area contributed by atoms with Crippen molar-refractivity contribution in [2.45, 2.75) is 122 Å². The number of carboxylic acids is 2. The minimum Gasteiger partial charge on any atom is -0.481 e. The number of hydrogen-bond donors (Lipinski definition) is 2. The summed E-state index contributed by atoms with van der Waals surface area (Å²) >= 11 is 0. The molecule has 2 N–H and O–H groups in total. The van der Waals surface area contributed by atoms with Crippen molar-refractivity contribution in [1.29, 1.82) is 0 Å². The third kappa shape index (κ3) is 11.9. The molecule has 1 aromatic heterocycles. The van der Waals surface area contributed by atoms with Crippen LogP contribution in [0.2, 0.25) is 0 Å². The van der Waals surface area contributed by atoms with E-state index >= 15 is 0 Å². The Bertz CT molecular complexity index is 589. The van der Waals surface area contributed by atoms with Crippen LogP contribution in [-0.4, -0.2) is 37.1 Å². The highest BCUT2D eigenvalue weighted by Crippen LogP contribution is 2.18. The summed E-state index contributed by atoms with van der Waals surface area (Å²) in [5, 5.41) is 25.9. The van der Waals surface area contributed by atoms with Crippen molar-refractivity contribution in [2.24, 2.45) is 0 Å². The summed E-state index contributed by atoms with van der Waals surface area (Å²) in [5.41, 5.74) is 0.770. The maximum Gasteiger partial charge on any atom is 0.328 e. The highest BCUT2D eigenvalue weighted by molar-refractivity contribution is 5.73. The fraction of sp³-hybridized carbons (Fsp3) is 0.826. The molecule has 0 aliphatic heterocycles. The lowest BCUT2D eigenvalue weighted by atomic mass is 10.0. The zero-order chi connectivity index (χ0) is 22.0. The van der Waals surface area contributed by atoms with Crippen molar-refractivity contribution in [3.05, 3.63) is 11.9 Å². The van der Waals surface area contributed by atoms with E-state index in [0.29, 0.717) is 0 Å². The molecule has 0 aliphatic carbocycles. The summed E-state index contributed by atoms with van der Waals surface area (Å²) in [6, 6.07) is -0.967. The maximum absolute atomic E-state index is 11.5. The average Bonchev–Trinajstić information content (AvgIpc) is 3.16. The second kappa shape index (κ2) is 16.8. The van der Waals surface area contributed by atoms with Gasteiger partial charge in [0.25, 0.3) is 0 Å². The van der Waals surface area contributed by atoms with Crippen molar-refractivity contribution >= 4 is 11.9 Å². The molecule has 7 nitrogen and oxygen atoms in total. The second-order valence-corrected chi connectivity index (χ2v) is 8.30. The fourth-order valence-corrected chi connectivity index (χ4v) is 3.82. The zero-order valence-corrected chi connectivity index (χ0v) is 18.7. The van der Waals surface area contributed by atoms with Crippen LogP contribution in [-0.2, 0) is 16.0 Å². The van der Waals surface area contributed by atoms with Gasteiger partial charge in [0.05, 0.1) is 11.9 Å². The topological polar surface area (TPSA) is 105 Å². The Morgan fingerprint density at radius 3 is 1.83 bits per heavy atom. The second-order valence-electron chi connectivity index (χ2n) is 8.30. The SMILES string of the molecule is CCCCCCCCCCCCCCCCc1cnnn1[C@@H](CCC(=O)O)C(=O)O. The van der Waals surface area contributed by atoms with Crippen molar-refractivity contribution in [3.8, 4) is 0 Å². The number of hydrogen-bond acceptors (Lipinski definition) is 4. The molecule has 0 fully saturated rings. The molecule has 0 radical (unpaired) electrons. The van der Waals surface area contributed by atoms with Gasteiger partial charge in [0.1, 0.15) is 0 Å². The average molecular weight is 424 g/mol. The van der Waals surface area contributed by atoms with E-state index in [1.54, 1.807) is 6.20 Å². The zero-order valence-electron chi connectivity index (χ0n) is 18.7. The monoisotopic (exact) mass is 423 g/mol. The number of unbranched alkanes of at least 4 members (excludes halogenated alkanes) is 13. The molecule has 0 saturated carbocycles. The van der Waals surface area contributed by atoms with Crippen molar-refractivity contribution in [2.75, 3.05) is 0 Å². The third-order valence-corrected chi connectivity index (χ3v) is 5.65. The van der Waals surface area contributed by atoms with Crippen LogP contribution in [0, 0.1) is 0 Å². The molecule has 0 aliphatic rings. The van der Waals surface area contributed by atoms with E-state index in [0.717, 1.165) is 25.0 Å². The summed E-state index contributed by atoms with van der Waals surface area (Å²) in [4.78, 5) is 22.2. The van der Waals surface area contributed by atoms with Gasteiger partial charge < -0.3 is 10.2 Å². The Morgan fingerprint density at radius 1 is 0.867 bits per heavy atom. The molecule has 30 heavy (non-hydrogen) atoms. The largest absolute Gasteiger partial charge is 0.481 e. The van der Waals surface area contributed by atoms with Crippen LogP contribution in [0.1, 0.15) is 121 Å². The van der Waals surface area contributed by atoms with E-state index in [4.69, 9.17) is 5.11 Å². The van der Waals surface area contributed by atoms with Crippen LogP contribution in [0.3, 0.4) is 0 Å². The molecule has 1 rings (SSSR count). The van der Waals surface area contributed by atoms with Crippen LogP contribution < -0.4 is 0 Å². The molecular weight excluding hydrogens is 382 g/mol. The summed E-state index contributed by atoms with van der Waals surface area (Å²) in [5.74, 6) is -2.07. The molecule has 1 aromatic rings. The highest BCUT2D eigenvalue weighted by Gasteiger charge is 2.24. The molecule has 172 valence electrons. The van der Waals surface area contributed by atoms with Gasteiger partial charge in [-0.05, 0) is 19.3 Å². The molecule has 7 heteroatoms. The smallest absolute Gasteiger partial charge is 0.328 e. The van der Waals surface area contributed by atoms with E-state index < -0.39 is 18.0 Å². The molecule has 0 amide bonds. The lowest BCUT2D eigenvalue weighted by Crippen LogP contribution is -2.23. The van der Waals surface area contributed by atoms with Gasteiger partial charge in [0.2, 0.25) is 0 Å². The van der Waals surface area contributed by atoms with Gasteiger partial charge >= 0.3 is 11.9 Å². The predicted molar refractivity (Wildman–Crippen MR) is 118 cm³/mol. The number of nitrogens with zero attached hydrogens (tertiary/aromatic N) is 3. The normalized spacial score (nSPS) is 12.2. The number of carboxylic acid groups (broad SMARTS) is 2. The quantitative estimate of drug-likeness (QED) is 0.257. The van der Waals surface area contributed by atoms with Crippen LogP contribution in [0.25, 0.3) is 0 Å². The van der Waals surface area contributed by atoms with Gasteiger partial charge in [-0.25, -0.2) is 9.48 Å². The van der Waals surface area contributed by atoms with Gasteiger partial charge in [-0.2, -0.15) is 0 Å². The molecular formula is C23H41N3O4. The van der Waals surface area contributed by atoms with Crippen LogP contribution >= 0.6 is 0 Å². The number of aryl methyl sites for hydroxylation is 1. The van der Waals surface area contributed by atoms with Crippen LogP contribution in [0.4, 0.5) is 0 Å². The lowest BCUT2D eigenvalue weighted by molar-refractivity contribution is -0.142. The van der Waals surface area contributed by atoms with Gasteiger partial charge in [0.15, 0.2) is 6.04 Å². The summed E-state index contributed by atoms with van der Waals surface area (Å²) in [6.07, 6.45) is 20.3. The Balaban J connectivity index is 2.10. The van der Waals surface area contributed by atoms with Gasteiger partial charge in [0, 0.05) is 6.42 Å². The first-order valence-electron chi connectivity index (χ1n) is 11.9. The van der Waals surface area contributed by atoms with Crippen LogP contribution in [0.15, 0.2) is 6.20 Å². The molecule has 0 saturated heterocycles. The Morgan fingerprint density at radius 2 is 1.37 bits per heavy atom. The van der Waals surface area contributed by atoms with E-state index in [1.807, 2.05) is 0 Å². The summed E-state index contributed by atoms with van der Waals surface area (Å²) < 4.78 is 1.38. The van der Waals surface area contributed by atoms with Crippen molar-refractivity contribution in [1.82, 2.24) is 15.0 Å². The number of aliphatic carboxylic acids is 2. The maximum atomic E-state index is 11.5. The minimum atomic E-state index is -1.07. The fourth-order valence-electron chi connectivity index (χ4n) is 3.82. The van der Waals surface area contributed by atoms with Crippen LogP contribution in [0.5, 0.6) is 0 Å². The standard InChI is InChI=1S/C23H41N3O4/c1-2-3-4-5-6-7-8-9-10-11-12-13-14-15-16-20-19-24-25-26(20)21(23(29)30)17-18-22(27)28/h19,21H,2-18H2,1H3,(H,27,28)(H,29,30)/t21-/m0/s1. The Hall–Kier alpha value is -1.92. The molecule has 0 unspecified atom stereocenters. The molecule has 1 heterocycles. The Labute approximate surface area is 181 Å². The summed E-state index contributed by atoms with van der Waals surface area (Å²) in [7, 11) is 0. The van der Waals surface area contributed by atoms with Gasteiger partial charge in [-0.15, -0.1) is 5.10 Å². The number of rotatable bonds is 20. The lowest BCUT2D eigenvalue weighted by Gasteiger charge is -2.14.